The summed E-state index contributed by atoms with van der Waals surface area (Å²) < 4.78 is 5.76. The molecule has 1 heterocycles. The molecule has 2 aromatic rings. The molecule has 1 amide bonds. The van der Waals surface area contributed by atoms with Crippen LogP contribution >= 0.6 is 11.3 Å². The van der Waals surface area contributed by atoms with Gasteiger partial charge in [0.2, 0.25) is 5.91 Å². The standard InChI is InChI=1S/C21H29N3O2S/c1-3-4-5-6-7-8-13-26-20-11-9-18(10-12-20)15-22-24-21(25)14-19-16-27-17(2)23-19/h9-12,15-16H,3-8,13-14H2,1-2H3,(H,24,25). The average Bonchev–Trinajstić information content (AvgIpc) is 3.07. The third kappa shape index (κ3) is 8.82. The van der Waals surface area contributed by atoms with E-state index in [2.05, 4.69) is 22.4 Å². The fraction of sp³-hybridized carbons (Fsp3) is 0.476. The summed E-state index contributed by atoms with van der Waals surface area (Å²) in [6, 6.07) is 7.71. The van der Waals surface area contributed by atoms with Crippen molar-refractivity contribution in [2.75, 3.05) is 6.61 Å². The van der Waals surface area contributed by atoms with Gasteiger partial charge in [0.25, 0.3) is 0 Å². The van der Waals surface area contributed by atoms with E-state index >= 15 is 0 Å². The Morgan fingerprint density at radius 3 is 2.63 bits per heavy atom. The molecule has 1 N–H and O–H groups in total. The lowest BCUT2D eigenvalue weighted by molar-refractivity contribution is -0.120. The molecule has 6 heteroatoms. The number of rotatable bonds is 12. The maximum atomic E-state index is 11.8. The molecule has 0 aliphatic heterocycles. The van der Waals surface area contributed by atoms with Crippen LogP contribution in [0.2, 0.25) is 0 Å². The molecule has 27 heavy (non-hydrogen) atoms. The van der Waals surface area contributed by atoms with E-state index in [4.69, 9.17) is 4.74 Å². The lowest BCUT2D eigenvalue weighted by atomic mass is 10.1. The number of amides is 1. The van der Waals surface area contributed by atoms with Crippen molar-refractivity contribution in [3.05, 3.63) is 45.9 Å². The fourth-order valence-corrected chi connectivity index (χ4v) is 3.21. The van der Waals surface area contributed by atoms with Gasteiger partial charge in [0.15, 0.2) is 0 Å². The zero-order chi connectivity index (χ0) is 19.3. The van der Waals surface area contributed by atoms with Gasteiger partial charge < -0.3 is 4.74 Å². The van der Waals surface area contributed by atoms with Crippen LogP contribution in [0.15, 0.2) is 34.7 Å². The Kier molecular flexibility index (Phi) is 9.55. The first kappa shape index (κ1) is 21.1. The van der Waals surface area contributed by atoms with Crippen LogP contribution in [-0.4, -0.2) is 23.7 Å². The van der Waals surface area contributed by atoms with Gasteiger partial charge in [-0.2, -0.15) is 5.10 Å². The zero-order valence-corrected chi connectivity index (χ0v) is 17.1. The van der Waals surface area contributed by atoms with Crippen molar-refractivity contribution in [2.24, 2.45) is 5.10 Å². The molecule has 0 unspecified atom stereocenters. The first-order chi connectivity index (χ1) is 13.2. The number of benzene rings is 1. The molecular formula is C21H29N3O2S. The van der Waals surface area contributed by atoms with Crippen LogP contribution in [0, 0.1) is 6.92 Å². The molecule has 146 valence electrons. The second kappa shape index (κ2) is 12.2. The molecular weight excluding hydrogens is 358 g/mol. The predicted molar refractivity (Wildman–Crippen MR) is 112 cm³/mol. The number of hydrazone groups is 1. The summed E-state index contributed by atoms with van der Waals surface area (Å²) in [5.41, 5.74) is 4.21. The van der Waals surface area contributed by atoms with Gasteiger partial charge >= 0.3 is 0 Å². The SMILES string of the molecule is CCCCCCCCOc1ccc(C=NNC(=O)Cc2csc(C)n2)cc1. The van der Waals surface area contributed by atoms with E-state index in [-0.39, 0.29) is 12.3 Å². The monoisotopic (exact) mass is 387 g/mol. The average molecular weight is 388 g/mol. The normalized spacial score (nSPS) is 11.0. The minimum absolute atomic E-state index is 0.171. The van der Waals surface area contributed by atoms with Crippen LogP contribution < -0.4 is 10.2 Å². The van der Waals surface area contributed by atoms with Crippen molar-refractivity contribution in [1.82, 2.24) is 10.4 Å². The van der Waals surface area contributed by atoms with Gasteiger partial charge in [-0.3, -0.25) is 4.79 Å². The number of hydrogen-bond donors (Lipinski definition) is 1. The van der Waals surface area contributed by atoms with Gasteiger partial charge in [-0.1, -0.05) is 39.0 Å². The Morgan fingerprint density at radius 1 is 1.19 bits per heavy atom. The molecule has 0 saturated heterocycles. The van der Waals surface area contributed by atoms with Gasteiger partial charge in [-0.05, 0) is 43.2 Å². The summed E-state index contributed by atoms with van der Waals surface area (Å²) in [6.07, 6.45) is 9.41. The lowest BCUT2D eigenvalue weighted by Crippen LogP contribution is -2.19. The highest BCUT2D eigenvalue weighted by atomic mass is 32.1. The summed E-state index contributed by atoms with van der Waals surface area (Å²) in [4.78, 5) is 16.1. The molecule has 0 atom stereocenters. The van der Waals surface area contributed by atoms with Crippen molar-refractivity contribution >= 4 is 23.5 Å². The van der Waals surface area contributed by atoms with E-state index < -0.39 is 0 Å². The molecule has 0 bridgehead atoms. The van der Waals surface area contributed by atoms with Crippen LogP contribution in [0.5, 0.6) is 5.75 Å². The number of aromatic nitrogens is 1. The summed E-state index contributed by atoms with van der Waals surface area (Å²) in [5, 5.41) is 6.85. The van der Waals surface area contributed by atoms with E-state index in [0.29, 0.717) is 0 Å². The van der Waals surface area contributed by atoms with Crippen LogP contribution in [0.3, 0.4) is 0 Å². The number of nitrogens with one attached hydrogen (secondary N) is 1. The zero-order valence-electron chi connectivity index (χ0n) is 16.2. The Balaban J connectivity index is 1.64. The van der Waals surface area contributed by atoms with Crippen molar-refractivity contribution < 1.29 is 9.53 Å². The van der Waals surface area contributed by atoms with Gasteiger partial charge in [0.05, 0.1) is 29.9 Å². The van der Waals surface area contributed by atoms with Crippen LogP contribution in [0.1, 0.15) is 61.7 Å². The van der Waals surface area contributed by atoms with Crippen molar-refractivity contribution in [2.45, 2.75) is 58.8 Å². The van der Waals surface area contributed by atoms with E-state index in [9.17, 15) is 4.79 Å². The summed E-state index contributed by atoms with van der Waals surface area (Å²) in [5.74, 6) is 0.694. The van der Waals surface area contributed by atoms with E-state index in [1.165, 1.54) is 43.4 Å². The van der Waals surface area contributed by atoms with E-state index in [1.54, 1.807) is 6.21 Å². The number of unbranched alkanes of at least 4 members (excludes halogenated alkanes) is 5. The number of carbonyl (C=O) groups excluding carboxylic acids is 1. The minimum atomic E-state index is -0.171. The predicted octanol–water partition coefficient (Wildman–Crippen LogP) is 4.88. The van der Waals surface area contributed by atoms with Gasteiger partial charge in [-0.25, -0.2) is 10.4 Å². The number of nitrogens with zero attached hydrogens (tertiary/aromatic N) is 2. The Labute approximate surface area is 165 Å². The summed E-state index contributed by atoms with van der Waals surface area (Å²) in [7, 11) is 0. The molecule has 5 nitrogen and oxygen atoms in total. The van der Waals surface area contributed by atoms with Crippen LogP contribution in [0.4, 0.5) is 0 Å². The molecule has 0 fully saturated rings. The maximum absolute atomic E-state index is 11.8. The molecule has 0 radical (unpaired) electrons. The minimum Gasteiger partial charge on any atom is -0.494 e. The summed E-state index contributed by atoms with van der Waals surface area (Å²) >= 11 is 1.54. The molecule has 0 aliphatic rings. The highest BCUT2D eigenvalue weighted by molar-refractivity contribution is 7.09. The largest absolute Gasteiger partial charge is 0.494 e. The number of thiazole rings is 1. The topological polar surface area (TPSA) is 63.6 Å². The Bertz CT molecular complexity index is 710. The summed E-state index contributed by atoms with van der Waals surface area (Å²) in [6.45, 7) is 4.91. The van der Waals surface area contributed by atoms with Crippen molar-refractivity contribution in [3.8, 4) is 5.75 Å². The first-order valence-corrected chi connectivity index (χ1v) is 10.5. The number of hydrogen-bond acceptors (Lipinski definition) is 5. The number of carbonyl (C=O) groups is 1. The van der Waals surface area contributed by atoms with Crippen LogP contribution in [-0.2, 0) is 11.2 Å². The maximum Gasteiger partial charge on any atom is 0.246 e. The van der Waals surface area contributed by atoms with Crippen LogP contribution in [0.25, 0.3) is 0 Å². The van der Waals surface area contributed by atoms with Crippen molar-refractivity contribution in [3.63, 3.8) is 0 Å². The molecule has 1 aromatic carbocycles. The molecule has 0 spiro atoms. The lowest BCUT2D eigenvalue weighted by Gasteiger charge is -2.06. The second-order valence-electron chi connectivity index (χ2n) is 6.51. The molecule has 0 aliphatic carbocycles. The Morgan fingerprint density at radius 2 is 1.93 bits per heavy atom. The van der Waals surface area contributed by atoms with Crippen molar-refractivity contribution in [1.29, 1.82) is 0 Å². The van der Waals surface area contributed by atoms with Gasteiger partial charge in [0.1, 0.15) is 5.75 Å². The molecule has 2 rings (SSSR count). The van der Waals surface area contributed by atoms with E-state index in [0.717, 1.165) is 35.0 Å². The first-order valence-electron chi connectivity index (χ1n) is 9.63. The smallest absolute Gasteiger partial charge is 0.246 e. The fourth-order valence-electron chi connectivity index (χ4n) is 2.59. The van der Waals surface area contributed by atoms with Gasteiger partial charge in [-0.15, -0.1) is 11.3 Å². The third-order valence-corrected chi connectivity index (χ3v) is 4.88. The highest BCUT2D eigenvalue weighted by Crippen LogP contribution is 2.13. The molecule has 0 saturated carbocycles. The quantitative estimate of drug-likeness (QED) is 0.321. The van der Waals surface area contributed by atoms with E-state index in [1.807, 2.05) is 36.6 Å². The number of ether oxygens (including phenoxy) is 1. The molecule has 1 aromatic heterocycles. The Hall–Kier alpha value is -2.21. The number of aryl methyl sites for hydroxylation is 1. The third-order valence-electron chi connectivity index (χ3n) is 4.06. The highest BCUT2D eigenvalue weighted by Gasteiger charge is 2.05. The van der Waals surface area contributed by atoms with Gasteiger partial charge in [0, 0.05) is 5.38 Å². The second-order valence-corrected chi connectivity index (χ2v) is 7.58.